The minimum absolute atomic E-state index is 0.134. The second-order valence-electron chi connectivity index (χ2n) is 3.97. The van der Waals surface area contributed by atoms with Gasteiger partial charge in [-0.1, -0.05) is 62.9 Å². The monoisotopic (exact) mass is 376 g/mol. The van der Waals surface area contributed by atoms with Gasteiger partial charge in [-0.2, -0.15) is 0 Å². The van der Waals surface area contributed by atoms with Gasteiger partial charge in [-0.3, -0.25) is 4.79 Å². The quantitative estimate of drug-likeness (QED) is 0.614. The predicted molar refractivity (Wildman–Crippen MR) is 83.6 cm³/mol. The molecule has 19 heavy (non-hydrogen) atoms. The molecule has 5 heteroatoms. The van der Waals surface area contributed by atoms with E-state index in [2.05, 4.69) is 15.9 Å². The lowest BCUT2D eigenvalue weighted by molar-refractivity contribution is 0.0993. The van der Waals surface area contributed by atoms with Crippen molar-refractivity contribution in [3.05, 3.63) is 67.1 Å². The number of hydrogen-bond donors (Lipinski definition) is 0. The van der Waals surface area contributed by atoms with E-state index in [9.17, 15) is 4.79 Å². The average Bonchev–Trinajstić information content (AvgIpc) is 2.27. The maximum Gasteiger partial charge on any atom is 0.170 e. The summed E-state index contributed by atoms with van der Waals surface area (Å²) in [6.07, 6.45) is 0.237. The van der Waals surface area contributed by atoms with Crippen LogP contribution in [0.3, 0.4) is 0 Å². The highest BCUT2D eigenvalue weighted by Gasteiger charge is 2.16. The standard InChI is InChI=1S/C14H8BrCl3O/c15-9-3-1-2-8(4-9)5-13(19)14-11(17)6-10(16)7-12(14)18/h1-4,6-7H,5H2. The summed E-state index contributed by atoms with van der Waals surface area (Å²) in [5, 5.41) is 0.962. The summed E-state index contributed by atoms with van der Waals surface area (Å²) >= 11 is 21.2. The van der Waals surface area contributed by atoms with Gasteiger partial charge in [0, 0.05) is 15.9 Å². The summed E-state index contributed by atoms with van der Waals surface area (Å²) in [5.41, 5.74) is 1.20. The van der Waals surface area contributed by atoms with Gasteiger partial charge >= 0.3 is 0 Å². The van der Waals surface area contributed by atoms with E-state index < -0.39 is 0 Å². The Morgan fingerprint density at radius 3 is 2.26 bits per heavy atom. The van der Waals surface area contributed by atoms with Crippen molar-refractivity contribution in [2.75, 3.05) is 0 Å². The maximum absolute atomic E-state index is 12.3. The summed E-state index contributed by atoms with van der Waals surface area (Å²) in [7, 11) is 0. The van der Waals surface area contributed by atoms with Crippen molar-refractivity contribution in [1.82, 2.24) is 0 Å². The van der Waals surface area contributed by atoms with Crippen molar-refractivity contribution < 1.29 is 4.79 Å². The van der Waals surface area contributed by atoms with Crippen molar-refractivity contribution in [3.63, 3.8) is 0 Å². The van der Waals surface area contributed by atoms with Gasteiger partial charge in [0.05, 0.1) is 15.6 Å². The fraction of sp³-hybridized carbons (Fsp3) is 0.0714. The molecule has 0 fully saturated rings. The van der Waals surface area contributed by atoms with Crippen molar-refractivity contribution in [3.8, 4) is 0 Å². The molecule has 0 saturated carbocycles. The number of rotatable bonds is 3. The van der Waals surface area contributed by atoms with Crippen LogP contribution in [0.15, 0.2) is 40.9 Å². The third kappa shape index (κ3) is 3.73. The molecule has 0 N–H and O–H groups in total. The molecule has 0 aliphatic rings. The predicted octanol–water partition coefficient (Wildman–Crippen LogP) is 5.83. The Hall–Kier alpha value is -0.540. The van der Waals surface area contributed by atoms with E-state index in [-0.39, 0.29) is 22.2 Å². The van der Waals surface area contributed by atoms with Crippen LogP contribution in [0.2, 0.25) is 15.1 Å². The number of hydrogen-bond acceptors (Lipinski definition) is 1. The molecule has 0 saturated heterocycles. The van der Waals surface area contributed by atoms with Crippen LogP contribution >= 0.6 is 50.7 Å². The molecule has 0 spiro atoms. The molecule has 0 aromatic heterocycles. The summed E-state index contributed by atoms with van der Waals surface area (Å²) in [4.78, 5) is 12.3. The average molecular weight is 378 g/mol. The van der Waals surface area contributed by atoms with Gasteiger partial charge in [0.15, 0.2) is 5.78 Å². The normalized spacial score (nSPS) is 10.5. The van der Waals surface area contributed by atoms with Gasteiger partial charge in [0.25, 0.3) is 0 Å². The summed E-state index contributed by atoms with van der Waals surface area (Å²) < 4.78 is 0.922. The van der Waals surface area contributed by atoms with E-state index in [0.29, 0.717) is 10.6 Å². The molecule has 0 atom stereocenters. The largest absolute Gasteiger partial charge is 0.294 e. The van der Waals surface area contributed by atoms with Gasteiger partial charge in [0.1, 0.15) is 0 Å². The van der Waals surface area contributed by atoms with Gasteiger partial charge in [0.2, 0.25) is 0 Å². The minimum atomic E-state index is -0.134. The molecular weight excluding hydrogens is 370 g/mol. The molecule has 2 rings (SSSR count). The molecule has 0 amide bonds. The van der Waals surface area contributed by atoms with E-state index in [0.717, 1.165) is 10.0 Å². The lowest BCUT2D eigenvalue weighted by Gasteiger charge is -2.07. The highest BCUT2D eigenvalue weighted by atomic mass is 79.9. The molecule has 0 bridgehead atoms. The Labute approximate surface area is 134 Å². The molecule has 2 aromatic rings. The zero-order valence-electron chi connectivity index (χ0n) is 9.59. The third-order valence-electron chi connectivity index (χ3n) is 2.54. The molecular formula is C14H8BrCl3O. The second-order valence-corrected chi connectivity index (χ2v) is 6.14. The van der Waals surface area contributed by atoms with Crippen LogP contribution in [0.1, 0.15) is 15.9 Å². The van der Waals surface area contributed by atoms with Crippen LogP contribution < -0.4 is 0 Å². The van der Waals surface area contributed by atoms with Gasteiger partial charge < -0.3 is 0 Å². The zero-order valence-corrected chi connectivity index (χ0v) is 13.4. The van der Waals surface area contributed by atoms with E-state index in [1.54, 1.807) is 0 Å². The van der Waals surface area contributed by atoms with Gasteiger partial charge in [-0.05, 0) is 29.8 Å². The van der Waals surface area contributed by atoms with Crippen molar-refractivity contribution in [1.29, 1.82) is 0 Å². The molecule has 0 unspecified atom stereocenters. The molecule has 98 valence electrons. The first-order valence-corrected chi connectivity index (χ1v) is 7.32. The van der Waals surface area contributed by atoms with E-state index in [1.165, 1.54) is 12.1 Å². The SMILES string of the molecule is O=C(Cc1cccc(Br)c1)c1c(Cl)cc(Cl)cc1Cl. The van der Waals surface area contributed by atoms with Crippen LogP contribution in [0.4, 0.5) is 0 Å². The van der Waals surface area contributed by atoms with E-state index >= 15 is 0 Å². The topological polar surface area (TPSA) is 17.1 Å². The molecule has 1 nitrogen and oxygen atoms in total. The first kappa shape index (κ1) is 14.9. The van der Waals surface area contributed by atoms with Crippen molar-refractivity contribution in [2.24, 2.45) is 0 Å². The number of ketones is 1. The molecule has 0 heterocycles. The molecule has 0 aliphatic heterocycles. The van der Waals surface area contributed by atoms with Gasteiger partial charge in [-0.15, -0.1) is 0 Å². The summed E-state index contributed by atoms with van der Waals surface area (Å²) in [6.45, 7) is 0. The Morgan fingerprint density at radius 2 is 1.68 bits per heavy atom. The minimum Gasteiger partial charge on any atom is -0.294 e. The maximum atomic E-state index is 12.3. The zero-order chi connectivity index (χ0) is 14.0. The Bertz CT molecular complexity index is 617. The molecule has 2 aromatic carbocycles. The molecule has 0 aliphatic carbocycles. The smallest absolute Gasteiger partial charge is 0.170 e. The second kappa shape index (κ2) is 6.27. The number of carbonyl (C=O) groups excluding carboxylic acids is 1. The first-order valence-electron chi connectivity index (χ1n) is 5.39. The highest BCUT2D eigenvalue weighted by molar-refractivity contribution is 9.10. The Kier molecular flexibility index (Phi) is 4.91. The Balaban J connectivity index is 2.31. The van der Waals surface area contributed by atoms with Crippen molar-refractivity contribution in [2.45, 2.75) is 6.42 Å². The van der Waals surface area contributed by atoms with E-state index in [4.69, 9.17) is 34.8 Å². The number of halogens is 4. The number of carbonyl (C=O) groups is 1. The summed E-state index contributed by atoms with van der Waals surface area (Å²) in [6, 6.07) is 10.6. The number of Topliss-reactive ketones (excluding diaryl/α,β-unsaturated/α-hetero) is 1. The van der Waals surface area contributed by atoms with Crippen molar-refractivity contribution >= 4 is 56.5 Å². The molecule has 0 radical (unpaired) electrons. The van der Waals surface area contributed by atoms with E-state index in [1.807, 2.05) is 24.3 Å². The highest BCUT2D eigenvalue weighted by Crippen LogP contribution is 2.30. The van der Waals surface area contributed by atoms with Gasteiger partial charge in [-0.25, -0.2) is 0 Å². The van der Waals surface area contributed by atoms with Crippen LogP contribution in [-0.4, -0.2) is 5.78 Å². The fourth-order valence-electron chi connectivity index (χ4n) is 1.73. The Morgan fingerprint density at radius 1 is 1.05 bits per heavy atom. The number of benzene rings is 2. The lowest BCUT2D eigenvalue weighted by atomic mass is 10.0. The van der Waals surface area contributed by atoms with Crippen LogP contribution in [-0.2, 0) is 6.42 Å². The fourth-order valence-corrected chi connectivity index (χ4v) is 3.20. The first-order chi connectivity index (χ1) is 8.97. The summed E-state index contributed by atoms with van der Waals surface area (Å²) in [5.74, 6) is -0.134. The third-order valence-corrected chi connectivity index (χ3v) is 3.85. The van der Waals surface area contributed by atoms with Crippen LogP contribution in [0.5, 0.6) is 0 Å². The lowest BCUT2D eigenvalue weighted by Crippen LogP contribution is -2.05. The van der Waals surface area contributed by atoms with Crippen LogP contribution in [0.25, 0.3) is 0 Å². The van der Waals surface area contributed by atoms with Crippen LogP contribution in [0, 0.1) is 0 Å².